The molecule has 0 atom stereocenters. The van der Waals surface area contributed by atoms with Gasteiger partial charge in [0.25, 0.3) is 11.4 Å². The van der Waals surface area contributed by atoms with Gasteiger partial charge in [0, 0.05) is 44.9 Å². The number of esters is 1. The first kappa shape index (κ1) is 32.7. The highest BCUT2D eigenvalue weighted by Crippen LogP contribution is 2.23. The van der Waals surface area contributed by atoms with E-state index in [4.69, 9.17) is 4.74 Å². The lowest BCUT2D eigenvalue weighted by Crippen LogP contribution is -2.41. The first-order chi connectivity index (χ1) is 18.5. The summed E-state index contributed by atoms with van der Waals surface area (Å²) in [5.74, 6) is -0.529. The summed E-state index contributed by atoms with van der Waals surface area (Å²) in [5, 5.41) is 22.5. The van der Waals surface area contributed by atoms with Crippen LogP contribution in [-0.2, 0) is 29.6 Å². The van der Waals surface area contributed by atoms with E-state index in [1.54, 1.807) is 25.7 Å². The van der Waals surface area contributed by atoms with Crippen LogP contribution in [0.1, 0.15) is 27.2 Å². The van der Waals surface area contributed by atoms with Crippen LogP contribution in [0.3, 0.4) is 0 Å². The third-order valence-corrected chi connectivity index (χ3v) is 8.21. The van der Waals surface area contributed by atoms with E-state index in [0.29, 0.717) is 0 Å². The van der Waals surface area contributed by atoms with E-state index in [9.17, 15) is 41.9 Å². The fourth-order valence-electron chi connectivity index (χ4n) is 3.48. The summed E-state index contributed by atoms with van der Waals surface area (Å²) in [6, 6.07) is 9.67. The predicted octanol–water partition coefficient (Wildman–Crippen LogP) is 1.79. The molecular weight excluding hydrogens is 570 g/mol. The highest BCUT2D eigenvalue weighted by Gasteiger charge is 2.26. The molecule has 0 bridgehead atoms. The van der Waals surface area contributed by atoms with E-state index in [1.807, 2.05) is 0 Å². The highest BCUT2D eigenvalue weighted by atomic mass is 32.2. The first-order valence-corrected chi connectivity index (χ1v) is 14.9. The molecule has 0 fully saturated rings. The Balaban J connectivity index is 2.11. The number of nitrogens with zero attached hydrogens (tertiary/aromatic N) is 3. The molecule has 0 spiro atoms. The largest absolute Gasteiger partial charge is 0.460 e. The molecule has 0 unspecified atom stereocenters. The topological polar surface area (TPSA) is 208 Å². The molecule has 0 aliphatic heterocycles. The van der Waals surface area contributed by atoms with Crippen LogP contribution >= 0.6 is 0 Å². The van der Waals surface area contributed by atoms with Crippen molar-refractivity contribution in [1.82, 2.24) is 14.3 Å². The van der Waals surface area contributed by atoms with Crippen molar-refractivity contribution < 1.29 is 36.2 Å². The lowest BCUT2D eigenvalue weighted by atomic mass is 10.2. The van der Waals surface area contributed by atoms with Crippen molar-refractivity contribution in [3.05, 3.63) is 68.8 Å². The second kappa shape index (κ2) is 13.7. The average molecular weight is 602 g/mol. The summed E-state index contributed by atoms with van der Waals surface area (Å²) in [5.41, 5.74) is -1.93. The van der Waals surface area contributed by atoms with Gasteiger partial charge >= 0.3 is 5.97 Å². The van der Waals surface area contributed by atoms with Gasteiger partial charge in [0.1, 0.15) is 5.60 Å². The van der Waals surface area contributed by atoms with Crippen molar-refractivity contribution >= 4 is 37.4 Å². The molecule has 0 aromatic heterocycles. The number of ether oxygens (including phenoxy) is 1. The smallest absolute Gasteiger partial charge is 0.307 e. The quantitative estimate of drug-likeness (QED) is 0.171. The number of carbonyl (C=O) groups excluding carboxylic acids is 1. The maximum absolute atomic E-state index is 12.7. The standard InChI is InChI=1S/C23H31N5O10S2/c1-23(2,3)38-22(29)12-15-26(16-13-24-39(34,35)20-10-6-4-8-18(20)27(30)31)17-14-25-40(36,37)21-11-7-5-9-19(21)28(32)33/h4-11,24-25H,12-17H2,1-3H3. The SMILES string of the molecule is CC(C)(C)OC(=O)CCN(CCNS(=O)(=O)c1ccccc1[N+](=O)[O-])CCNS(=O)(=O)c1ccccc1[N+](=O)[O-]. The van der Waals surface area contributed by atoms with E-state index in [2.05, 4.69) is 9.44 Å². The third-order valence-electron chi connectivity index (χ3n) is 5.20. The van der Waals surface area contributed by atoms with Crippen LogP contribution in [0.2, 0.25) is 0 Å². The lowest BCUT2D eigenvalue weighted by molar-refractivity contribution is -0.388. The molecule has 0 aliphatic rings. The number of hydrogen-bond donors (Lipinski definition) is 2. The zero-order valence-electron chi connectivity index (χ0n) is 22.1. The van der Waals surface area contributed by atoms with E-state index >= 15 is 0 Å². The lowest BCUT2D eigenvalue weighted by Gasteiger charge is -2.24. The van der Waals surface area contributed by atoms with Crippen LogP contribution in [0, 0.1) is 20.2 Å². The Morgan fingerprint density at radius 1 is 0.800 bits per heavy atom. The van der Waals surface area contributed by atoms with Gasteiger partial charge in [-0.1, -0.05) is 24.3 Å². The van der Waals surface area contributed by atoms with Crippen LogP contribution in [0.15, 0.2) is 58.3 Å². The summed E-state index contributed by atoms with van der Waals surface area (Å²) in [6.07, 6.45) is -0.0922. The van der Waals surface area contributed by atoms with Gasteiger partial charge in [0.15, 0.2) is 9.79 Å². The van der Waals surface area contributed by atoms with E-state index in [-0.39, 0.29) is 39.1 Å². The maximum atomic E-state index is 12.7. The van der Waals surface area contributed by atoms with Gasteiger partial charge in [-0.3, -0.25) is 25.0 Å². The minimum atomic E-state index is -4.26. The monoisotopic (exact) mass is 601 g/mol. The van der Waals surface area contributed by atoms with Crippen LogP contribution in [-0.4, -0.2) is 75.9 Å². The van der Waals surface area contributed by atoms with E-state index < -0.39 is 62.6 Å². The number of carbonyl (C=O) groups is 1. The Kier molecular flexibility index (Phi) is 11.2. The Bertz CT molecular complexity index is 1350. The number of rotatable bonds is 15. The fourth-order valence-corrected chi connectivity index (χ4v) is 5.86. The van der Waals surface area contributed by atoms with Gasteiger partial charge < -0.3 is 9.64 Å². The summed E-state index contributed by atoms with van der Waals surface area (Å²) >= 11 is 0. The number of benzene rings is 2. The Morgan fingerprint density at radius 3 is 1.57 bits per heavy atom. The number of para-hydroxylation sites is 2. The van der Waals surface area contributed by atoms with Crippen molar-refractivity contribution in [3.8, 4) is 0 Å². The second-order valence-electron chi connectivity index (χ2n) is 9.42. The normalized spacial score (nSPS) is 12.3. The molecule has 17 heteroatoms. The number of hydrogen-bond acceptors (Lipinski definition) is 11. The Hall–Kier alpha value is -3.51. The van der Waals surface area contributed by atoms with Crippen LogP contribution < -0.4 is 9.44 Å². The van der Waals surface area contributed by atoms with Crippen molar-refractivity contribution in [2.75, 3.05) is 32.7 Å². The number of nitro groups is 2. The molecule has 2 rings (SSSR count). The fraction of sp³-hybridized carbons (Fsp3) is 0.435. The Labute approximate surface area is 231 Å². The molecular formula is C23H31N5O10S2. The molecule has 2 N–H and O–H groups in total. The minimum Gasteiger partial charge on any atom is -0.460 e. The van der Waals surface area contributed by atoms with Crippen molar-refractivity contribution in [2.45, 2.75) is 42.6 Å². The van der Waals surface area contributed by atoms with Gasteiger partial charge in [0.05, 0.1) is 16.3 Å². The van der Waals surface area contributed by atoms with Crippen molar-refractivity contribution in [3.63, 3.8) is 0 Å². The molecule has 0 saturated heterocycles. The molecule has 15 nitrogen and oxygen atoms in total. The van der Waals surface area contributed by atoms with Gasteiger partial charge in [-0.05, 0) is 32.9 Å². The molecule has 2 aromatic carbocycles. The summed E-state index contributed by atoms with van der Waals surface area (Å²) in [4.78, 5) is 33.6. The zero-order valence-corrected chi connectivity index (χ0v) is 23.7. The Morgan fingerprint density at radius 2 is 1.20 bits per heavy atom. The minimum absolute atomic E-state index is 0.00410. The second-order valence-corrected chi connectivity index (χ2v) is 12.9. The van der Waals surface area contributed by atoms with Crippen LogP contribution in [0.5, 0.6) is 0 Å². The van der Waals surface area contributed by atoms with Gasteiger partial charge in [-0.25, -0.2) is 26.3 Å². The maximum Gasteiger partial charge on any atom is 0.307 e. The number of nitro benzene ring substituents is 2. The molecule has 40 heavy (non-hydrogen) atoms. The molecule has 0 amide bonds. The van der Waals surface area contributed by atoms with E-state index in [1.165, 1.54) is 24.3 Å². The van der Waals surface area contributed by atoms with Crippen LogP contribution in [0.4, 0.5) is 11.4 Å². The van der Waals surface area contributed by atoms with Gasteiger partial charge in [0.2, 0.25) is 20.0 Å². The summed E-state index contributed by atoms with van der Waals surface area (Å²) < 4.78 is 60.6. The summed E-state index contributed by atoms with van der Waals surface area (Å²) in [6.45, 7) is 4.69. The van der Waals surface area contributed by atoms with Crippen molar-refractivity contribution in [2.24, 2.45) is 0 Å². The average Bonchev–Trinajstić information content (AvgIpc) is 2.85. The highest BCUT2D eigenvalue weighted by molar-refractivity contribution is 7.90. The molecule has 0 saturated carbocycles. The molecule has 220 valence electrons. The third kappa shape index (κ3) is 9.91. The van der Waals surface area contributed by atoms with Gasteiger partial charge in [-0.15, -0.1) is 0 Å². The van der Waals surface area contributed by atoms with Crippen molar-refractivity contribution in [1.29, 1.82) is 0 Å². The van der Waals surface area contributed by atoms with E-state index in [0.717, 1.165) is 24.3 Å². The predicted molar refractivity (Wildman–Crippen MR) is 143 cm³/mol. The summed E-state index contributed by atoms with van der Waals surface area (Å²) in [7, 11) is -8.53. The number of sulfonamides is 2. The van der Waals surface area contributed by atoms with Crippen LogP contribution in [0.25, 0.3) is 0 Å². The molecule has 0 radical (unpaired) electrons. The molecule has 2 aromatic rings. The van der Waals surface area contributed by atoms with Gasteiger partial charge in [-0.2, -0.15) is 0 Å². The molecule has 0 heterocycles. The number of nitrogens with one attached hydrogen (secondary N) is 2. The zero-order chi connectivity index (χ0) is 30.1. The first-order valence-electron chi connectivity index (χ1n) is 11.9. The molecule has 0 aliphatic carbocycles.